The number of ketones is 1. The zero-order valence-corrected chi connectivity index (χ0v) is 12.6. The smallest absolute Gasteiger partial charge is 0.147 e. The summed E-state index contributed by atoms with van der Waals surface area (Å²) >= 11 is 1.60. The minimum Gasteiger partial charge on any atom is -0.298 e. The van der Waals surface area contributed by atoms with Crippen molar-refractivity contribution in [2.75, 3.05) is 5.75 Å². The highest BCUT2D eigenvalue weighted by atomic mass is 32.2. The molecule has 0 aliphatic heterocycles. The molecule has 2 nitrogen and oxygen atoms in total. The van der Waals surface area contributed by atoms with E-state index in [1.54, 1.807) is 11.8 Å². The van der Waals surface area contributed by atoms with Crippen LogP contribution in [0.15, 0.2) is 23.4 Å². The number of Topliss-reactive ketones (excluding diaryl/α,β-unsaturated/α-hetero) is 1. The van der Waals surface area contributed by atoms with Crippen molar-refractivity contribution in [3.05, 3.63) is 24.0 Å². The number of nitrogens with zero attached hydrogens (tertiary/aromatic N) is 1. The van der Waals surface area contributed by atoms with Gasteiger partial charge in [-0.1, -0.05) is 27.7 Å². The van der Waals surface area contributed by atoms with Crippen LogP contribution in [0.5, 0.6) is 0 Å². The van der Waals surface area contributed by atoms with Crippen LogP contribution in [0.4, 0.5) is 0 Å². The Morgan fingerprint density at radius 1 is 1.28 bits per heavy atom. The van der Waals surface area contributed by atoms with E-state index in [2.05, 4.69) is 38.7 Å². The molecule has 1 fully saturated rings. The maximum Gasteiger partial charge on any atom is 0.147 e. The van der Waals surface area contributed by atoms with Crippen LogP contribution in [0, 0.1) is 23.7 Å². The minimum absolute atomic E-state index is 0.148. The number of hydrogen-bond donors (Lipinski definition) is 0. The van der Waals surface area contributed by atoms with Crippen molar-refractivity contribution in [1.29, 1.82) is 0 Å². The molecule has 1 aromatic rings. The number of carbonyl (C=O) groups is 1. The molecule has 0 saturated heterocycles. The number of aromatic nitrogens is 1. The van der Waals surface area contributed by atoms with E-state index < -0.39 is 0 Å². The molecule has 98 valence electrons. The van der Waals surface area contributed by atoms with Gasteiger partial charge in [0.25, 0.3) is 0 Å². The van der Waals surface area contributed by atoms with E-state index >= 15 is 0 Å². The lowest BCUT2D eigenvalue weighted by Gasteiger charge is -2.03. The van der Waals surface area contributed by atoms with Gasteiger partial charge in [0.05, 0.1) is 5.75 Å². The second-order valence-electron chi connectivity index (χ2n) is 6.33. The molecular formula is C15H21NOS. The molecule has 0 N–H and O–H groups in total. The number of carbonyl (C=O) groups excluding carboxylic acids is 1. The fourth-order valence-electron chi connectivity index (χ4n) is 2.85. The van der Waals surface area contributed by atoms with Crippen LogP contribution in [-0.2, 0) is 4.79 Å². The first-order valence-corrected chi connectivity index (χ1v) is 7.32. The zero-order valence-electron chi connectivity index (χ0n) is 11.8. The molecule has 1 saturated carbocycles. The summed E-state index contributed by atoms with van der Waals surface area (Å²) in [6, 6.07) is 2.08. The fraction of sp³-hybridized carbons (Fsp3) is 0.600. The fourth-order valence-corrected chi connectivity index (χ4v) is 3.73. The Balaban J connectivity index is 1.95. The van der Waals surface area contributed by atoms with Crippen molar-refractivity contribution in [3.63, 3.8) is 0 Å². The van der Waals surface area contributed by atoms with Crippen LogP contribution < -0.4 is 0 Å². The Labute approximate surface area is 114 Å². The Morgan fingerprint density at radius 2 is 1.89 bits per heavy atom. The predicted molar refractivity (Wildman–Crippen MR) is 75.8 cm³/mol. The third-order valence-electron chi connectivity index (χ3n) is 4.57. The van der Waals surface area contributed by atoms with Gasteiger partial charge >= 0.3 is 0 Å². The summed E-state index contributed by atoms with van der Waals surface area (Å²) in [7, 11) is 0. The summed E-state index contributed by atoms with van der Waals surface area (Å²) in [5.41, 5.74) is 1.44. The van der Waals surface area contributed by atoms with Crippen molar-refractivity contribution < 1.29 is 4.79 Å². The van der Waals surface area contributed by atoms with E-state index in [1.165, 1.54) is 0 Å². The van der Waals surface area contributed by atoms with Crippen LogP contribution >= 0.6 is 11.8 Å². The summed E-state index contributed by atoms with van der Waals surface area (Å²) in [6.07, 6.45) is 3.66. The zero-order chi connectivity index (χ0) is 13.6. The van der Waals surface area contributed by atoms with Gasteiger partial charge in [0.2, 0.25) is 0 Å². The lowest BCUT2D eigenvalue weighted by molar-refractivity contribution is -0.118. The third-order valence-corrected chi connectivity index (χ3v) is 5.56. The molecule has 0 aromatic carbocycles. The van der Waals surface area contributed by atoms with Gasteiger partial charge in [-0.3, -0.25) is 9.78 Å². The van der Waals surface area contributed by atoms with Gasteiger partial charge in [-0.05, 0) is 29.4 Å². The first kappa shape index (κ1) is 13.6. The van der Waals surface area contributed by atoms with E-state index in [0.29, 0.717) is 11.5 Å². The van der Waals surface area contributed by atoms with Gasteiger partial charge in [-0.15, -0.1) is 11.8 Å². The summed E-state index contributed by atoms with van der Waals surface area (Å²) < 4.78 is 0. The maximum absolute atomic E-state index is 12.3. The molecule has 0 atom stereocenters. The molecule has 1 heterocycles. The average Bonchev–Trinajstić information content (AvgIpc) is 2.66. The molecule has 0 spiro atoms. The molecule has 0 amide bonds. The molecule has 18 heavy (non-hydrogen) atoms. The SMILES string of the molecule is Cc1cncc(SCC(=O)C2C(C)(C)C2(C)C)c1. The van der Waals surface area contributed by atoms with Crippen LogP contribution in [0.1, 0.15) is 33.3 Å². The van der Waals surface area contributed by atoms with Crippen molar-refractivity contribution in [2.24, 2.45) is 16.7 Å². The Kier molecular flexibility index (Phi) is 3.30. The predicted octanol–water partition coefficient (Wildman–Crippen LogP) is 3.73. The van der Waals surface area contributed by atoms with Crippen LogP contribution in [-0.4, -0.2) is 16.5 Å². The van der Waals surface area contributed by atoms with E-state index in [1.807, 2.05) is 19.3 Å². The first-order valence-electron chi connectivity index (χ1n) is 6.34. The lowest BCUT2D eigenvalue weighted by Crippen LogP contribution is -2.09. The van der Waals surface area contributed by atoms with Crippen LogP contribution in [0.2, 0.25) is 0 Å². The highest BCUT2D eigenvalue weighted by Gasteiger charge is 2.67. The first-order chi connectivity index (χ1) is 8.26. The van der Waals surface area contributed by atoms with E-state index in [9.17, 15) is 4.79 Å². The lowest BCUT2D eigenvalue weighted by atomic mass is 10.0. The van der Waals surface area contributed by atoms with Gasteiger partial charge in [-0.2, -0.15) is 0 Å². The molecule has 2 rings (SSSR count). The molecule has 1 aromatic heterocycles. The van der Waals surface area contributed by atoms with Crippen molar-refractivity contribution >= 4 is 17.5 Å². The van der Waals surface area contributed by atoms with Crippen molar-refractivity contribution in [1.82, 2.24) is 4.98 Å². The second kappa shape index (κ2) is 4.37. The summed E-state index contributed by atoms with van der Waals surface area (Å²) in [6.45, 7) is 10.8. The second-order valence-corrected chi connectivity index (χ2v) is 7.38. The monoisotopic (exact) mass is 263 g/mol. The van der Waals surface area contributed by atoms with E-state index in [0.717, 1.165) is 10.5 Å². The van der Waals surface area contributed by atoms with Gasteiger partial charge in [-0.25, -0.2) is 0 Å². The van der Waals surface area contributed by atoms with Gasteiger partial charge in [0.1, 0.15) is 5.78 Å². The molecule has 0 unspecified atom stereocenters. The molecule has 1 aliphatic carbocycles. The van der Waals surface area contributed by atoms with Crippen LogP contribution in [0.3, 0.4) is 0 Å². The van der Waals surface area contributed by atoms with Crippen molar-refractivity contribution in [3.8, 4) is 0 Å². The number of rotatable bonds is 4. The molecule has 0 radical (unpaired) electrons. The molecule has 3 heteroatoms. The number of aryl methyl sites for hydroxylation is 1. The Morgan fingerprint density at radius 3 is 2.39 bits per heavy atom. The maximum atomic E-state index is 12.3. The van der Waals surface area contributed by atoms with Crippen LogP contribution in [0.25, 0.3) is 0 Å². The molecule has 1 aliphatic rings. The topological polar surface area (TPSA) is 30.0 Å². The summed E-state index contributed by atoms with van der Waals surface area (Å²) in [5.74, 6) is 1.13. The number of hydrogen-bond acceptors (Lipinski definition) is 3. The van der Waals surface area contributed by atoms with E-state index in [4.69, 9.17) is 0 Å². The average molecular weight is 263 g/mol. The standard InChI is InChI=1S/C15H21NOS/c1-10-6-11(8-16-7-10)18-9-12(17)13-14(2,3)15(13,4)5/h6-8,13H,9H2,1-5H3. The third kappa shape index (κ3) is 2.20. The highest BCUT2D eigenvalue weighted by Crippen LogP contribution is 2.68. The number of pyridine rings is 1. The minimum atomic E-state index is 0.148. The van der Waals surface area contributed by atoms with E-state index in [-0.39, 0.29) is 16.7 Å². The molecular weight excluding hydrogens is 242 g/mol. The van der Waals surface area contributed by atoms with Gasteiger partial charge < -0.3 is 0 Å². The number of thioether (sulfide) groups is 1. The van der Waals surface area contributed by atoms with Gasteiger partial charge in [0.15, 0.2) is 0 Å². The highest BCUT2D eigenvalue weighted by molar-refractivity contribution is 8.00. The van der Waals surface area contributed by atoms with Crippen molar-refractivity contribution in [2.45, 2.75) is 39.5 Å². The Bertz CT molecular complexity index is 465. The summed E-state index contributed by atoms with van der Waals surface area (Å²) in [4.78, 5) is 17.5. The Hall–Kier alpha value is -0.830. The normalized spacial score (nSPS) is 20.7. The largest absolute Gasteiger partial charge is 0.298 e. The van der Waals surface area contributed by atoms with Gasteiger partial charge in [0, 0.05) is 23.2 Å². The quantitative estimate of drug-likeness (QED) is 0.775. The molecule has 0 bridgehead atoms. The summed E-state index contributed by atoms with van der Waals surface area (Å²) in [5, 5.41) is 0.